The van der Waals surface area contributed by atoms with Gasteiger partial charge in [0.2, 0.25) is 6.29 Å². The maximum atomic E-state index is 14.3. The Kier molecular flexibility index (Phi) is 17.5. The first-order valence-electron chi connectivity index (χ1n) is 23.4. The minimum atomic E-state index is -1.95. The van der Waals surface area contributed by atoms with Crippen molar-refractivity contribution in [3.63, 3.8) is 0 Å². The van der Waals surface area contributed by atoms with E-state index in [9.17, 15) is 76.3 Å². The fraction of sp³-hybridized carbons (Fsp3) is 0.932. The Morgan fingerprint density at radius 3 is 1.56 bits per heavy atom. The van der Waals surface area contributed by atoms with E-state index in [4.69, 9.17) is 37.9 Å². The molecule has 8 fully saturated rings. The quantitative estimate of drug-likeness (QED) is 0.0374. The maximum Gasteiger partial charge on any atom is 1.00 e. The van der Waals surface area contributed by atoms with Crippen LogP contribution in [-0.2, 0) is 42.7 Å². The smallest absolute Gasteiger partial charge is 0.432 e. The second-order valence-electron chi connectivity index (χ2n) is 20.8. The molecule has 4 heterocycles. The van der Waals surface area contributed by atoms with E-state index >= 15 is 0 Å². The molecular formula is C44H70KO23+. The summed E-state index contributed by atoms with van der Waals surface area (Å²) in [5, 5.41) is 148. The van der Waals surface area contributed by atoms with Crippen LogP contribution in [0.4, 0.5) is 0 Å². The largest absolute Gasteiger partial charge is 1.00 e. The van der Waals surface area contributed by atoms with E-state index in [1.165, 1.54) is 0 Å². The number of fused-ring (bicyclic) bond motifs is 3. The van der Waals surface area contributed by atoms with Gasteiger partial charge in [0.1, 0.15) is 97.7 Å². The number of ether oxygens (including phenoxy) is 8. The second-order valence-corrected chi connectivity index (χ2v) is 20.8. The van der Waals surface area contributed by atoms with Gasteiger partial charge in [-0.3, -0.25) is 4.79 Å². The van der Waals surface area contributed by atoms with Crippen LogP contribution in [0, 0.1) is 28.1 Å². The predicted octanol–water partition coefficient (Wildman–Crippen LogP) is -8.11. The molecular weight excluding hydrogens is 936 g/mol. The normalized spacial score (nSPS) is 53.7. The number of carbonyl (C=O) groups is 1. The summed E-state index contributed by atoms with van der Waals surface area (Å²) in [6.07, 6.45) is -29.1. The van der Waals surface area contributed by atoms with Crippen LogP contribution in [0.2, 0.25) is 0 Å². The van der Waals surface area contributed by atoms with Crippen molar-refractivity contribution in [3.05, 3.63) is 12.2 Å². The van der Waals surface area contributed by atoms with E-state index in [1.54, 1.807) is 0 Å². The van der Waals surface area contributed by atoms with Gasteiger partial charge in [0.15, 0.2) is 18.9 Å². The van der Waals surface area contributed by atoms with Crippen molar-refractivity contribution in [3.8, 4) is 0 Å². The number of aliphatic hydroxyl groups is 14. The SMILES string of the molecule is C=C1CC23CC[C@H]4[C@@](C)(CCC[C@@]4(C)C(=O)O[C@@H]4O[C@H](CO)[C@@H](O)[C@H](O)[C@H]4O)[C@@H]2CCC1(O[C@@H]1O[C@H](CO)[C@@H](O)[C@H](O[C@@H]2O[C@H](CO)[C@@H](O)[C@H](O)[C@H]2O)[C@H]1O[C@@H]1O[C@H](CO)[C@@H](O)[C@H](O)[C@H]1O)C3.[K+]. The number of hydrogen-bond donors (Lipinski definition) is 14. The third-order valence-corrected chi connectivity index (χ3v) is 17.1. The van der Waals surface area contributed by atoms with Gasteiger partial charge in [-0.05, 0) is 86.5 Å². The molecule has 4 saturated carbocycles. The first kappa shape index (κ1) is 55.7. The zero-order valence-electron chi connectivity index (χ0n) is 38.5. The van der Waals surface area contributed by atoms with Crippen LogP contribution < -0.4 is 51.4 Å². The van der Waals surface area contributed by atoms with Crippen molar-refractivity contribution in [2.45, 2.75) is 200 Å². The Balaban J connectivity index is 0.00000684. The van der Waals surface area contributed by atoms with E-state index in [1.807, 2.05) is 6.92 Å². The summed E-state index contributed by atoms with van der Waals surface area (Å²) >= 11 is 0. The van der Waals surface area contributed by atoms with Crippen LogP contribution in [0.25, 0.3) is 0 Å². The molecule has 24 heteroatoms. The van der Waals surface area contributed by atoms with E-state index in [0.717, 1.165) is 6.42 Å². The van der Waals surface area contributed by atoms with Gasteiger partial charge in [-0.15, -0.1) is 0 Å². The molecule has 8 rings (SSSR count). The molecule has 0 aromatic carbocycles. The fourth-order valence-electron chi connectivity index (χ4n) is 13.5. The van der Waals surface area contributed by atoms with Crippen LogP contribution in [0.15, 0.2) is 12.2 Å². The third kappa shape index (κ3) is 9.43. The molecule has 23 nitrogen and oxygen atoms in total. The molecule has 68 heavy (non-hydrogen) atoms. The van der Waals surface area contributed by atoms with E-state index in [0.29, 0.717) is 56.9 Å². The molecule has 2 bridgehead atoms. The molecule has 384 valence electrons. The summed E-state index contributed by atoms with van der Waals surface area (Å²) in [5.41, 5.74) is -2.33. The van der Waals surface area contributed by atoms with E-state index in [-0.39, 0.29) is 63.2 Å². The van der Waals surface area contributed by atoms with Crippen LogP contribution in [0.5, 0.6) is 0 Å². The van der Waals surface area contributed by atoms with Gasteiger partial charge in [-0.2, -0.15) is 0 Å². The van der Waals surface area contributed by atoms with Crippen molar-refractivity contribution in [2.75, 3.05) is 26.4 Å². The summed E-state index contributed by atoms with van der Waals surface area (Å²) in [5.74, 6) is -0.805. The van der Waals surface area contributed by atoms with Crippen molar-refractivity contribution >= 4 is 5.97 Å². The predicted molar refractivity (Wildman–Crippen MR) is 219 cm³/mol. The molecule has 8 aliphatic rings. The minimum Gasteiger partial charge on any atom is -0.432 e. The van der Waals surface area contributed by atoms with Gasteiger partial charge >= 0.3 is 57.4 Å². The first-order chi connectivity index (χ1) is 31.6. The van der Waals surface area contributed by atoms with Gasteiger partial charge in [0.25, 0.3) is 0 Å². The summed E-state index contributed by atoms with van der Waals surface area (Å²) in [4.78, 5) is 14.3. The molecule has 0 amide bonds. The Labute approximate surface area is 435 Å². The number of esters is 1. The van der Waals surface area contributed by atoms with Crippen molar-refractivity contribution in [2.24, 2.45) is 28.1 Å². The zero-order chi connectivity index (χ0) is 48.7. The molecule has 4 aliphatic carbocycles. The number of aliphatic hydroxyl groups excluding tert-OH is 14. The third-order valence-electron chi connectivity index (χ3n) is 17.1. The maximum absolute atomic E-state index is 14.3. The van der Waals surface area contributed by atoms with Crippen LogP contribution in [0.3, 0.4) is 0 Å². The van der Waals surface area contributed by atoms with Gasteiger partial charge in [0, 0.05) is 0 Å². The van der Waals surface area contributed by atoms with Crippen molar-refractivity contribution in [1.82, 2.24) is 0 Å². The molecule has 0 radical (unpaired) electrons. The average Bonchev–Trinajstić information content (AvgIpc) is 3.50. The molecule has 14 N–H and O–H groups in total. The van der Waals surface area contributed by atoms with Gasteiger partial charge < -0.3 is 109 Å². The Bertz CT molecular complexity index is 1760. The molecule has 4 aliphatic heterocycles. The number of carbonyl (C=O) groups excluding carboxylic acids is 1. The van der Waals surface area contributed by atoms with Crippen LogP contribution in [-0.4, -0.2) is 232 Å². The van der Waals surface area contributed by atoms with Crippen molar-refractivity contribution < 1.29 is 166 Å². The molecule has 0 aromatic heterocycles. The molecule has 4 saturated heterocycles. The van der Waals surface area contributed by atoms with Gasteiger partial charge in [-0.1, -0.05) is 19.9 Å². The fourth-order valence-corrected chi connectivity index (χ4v) is 13.5. The summed E-state index contributed by atoms with van der Waals surface area (Å²) < 4.78 is 48.2. The summed E-state index contributed by atoms with van der Waals surface area (Å²) in [7, 11) is 0. The van der Waals surface area contributed by atoms with Gasteiger partial charge in [-0.25, -0.2) is 0 Å². The standard InChI is InChI=1S/C44H70O23.K/c1-17-11-43-9-5-22-41(2,7-4-8-42(22,3)40(59)66-38-33(58)30(55)26(51)20(14-47)62-38)23(43)6-10-44(17,16-43)67-39-35(65-37-32(57)29(54)25(50)19(13-46)61-37)34(27(52)21(15-48)63-39)64-36-31(56)28(53)24(49)18(12-45)60-36;/h18-39,45-58H,1,4-16H2,2-3H3;/q;+1/t18-,19-,20-,21-,22+,23+,24-,25-,26-,27-,28+,29+,30+,31-,32-,33-,34+,35-,36+,37+,38+,39+,41-,42-,43?,44?;/m1./s1. The van der Waals surface area contributed by atoms with Crippen molar-refractivity contribution in [1.29, 1.82) is 0 Å². The van der Waals surface area contributed by atoms with Crippen LogP contribution >= 0.6 is 0 Å². The first-order valence-corrected chi connectivity index (χ1v) is 23.4. The molecule has 1 spiro atoms. The monoisotopic (exact) mass is 1010 g/mol. The average molecular weight is 1010 g/mol. The molecule has 26 atom stereocenters. The van der Waals surface area contributed by atoms with E-state index < -0.39 is 177 Å². The zero-order valence-corrected chi connectivity index (χ0v) is 41.7. The van der Waals surface area contributed by atoms with Gasteiger partial charge in [0.05, 0.1) is 37.4 Å². The summed E-state index contributed by atoms with van der Waals surface area (Å²) in [6.45, 7) is 5.41. The molecule has 2 unspecified atom stereocenters. The van der Waals surface area contributed by atoms with Crippen LogP contribution in [0.1, 0.15) is 71.6 Å². The molecule has 0 aromatic rings. The minimum absolute atomic E-state index is 0. The second kappa shape index (κ2) is 21.3. The topological polar surface area (TPSA) is 374 Å². The Morgan fingerprint density at radius 1 is 0.574 bits per heavy atom. The van der Waals surface area contributed by atoms with E-state index in [2.05, 4.69) is 13.5 Å². The Hall–Kier alpha value is 0.00636. The number of hydrogen-bond acceptors (Lipinski definition) is 23. The Morgan fingerprint density at radius 2 is 1.03 bits per heavy atom. The summed E-state index contributed by atoms with van der Waals surface area (Å²) in [6, 6.07) is 0. The number of rotatable bonds is 12.